The lowest BCUT2D eigenvalue weighted by Crippen LogP contribution is -2.38. The number of aromatic nitrogens is 1. The van der Waals surface area contributed by atoms with Crippen LogP contribution in [0.1, 0.15) is 41.3 Å². The molecule has 1 saturated heterocycles. The molecule has 0 radical (unpaired) electrons. The van der Waals surface area contributed by atoms with Crippen LogP contribution >= 0.6 is 0 Å². The Hall–Kier alpha value is -3.06. The van der Waals surface area contributed by atoms with Gasteiger partial charge in [-0.1, -0.05) is 18.2 Å². The first-order valence-electron chi connectivity index (χ1n) is 10.4. The van der Waals surface area contributed by atoms with Crippen LogP contribution in [0.3, 0.4) is 0 Å². The highest BCUT2D eigenvalue weighted by atomic mass is 16.5. The van der Waals surface area contributed by atoms with E-state index in [9.17, 15) is 9.90 Å². The van der Waals surface area contributed by atoms with Crippen LogP contribution in [-0.4, -0.2) is 46.7 Å². The zero-order valence-corrected chi connectivity index (χ0v) is 17.4. The molecule has 7 heteroatoms. The summed E-state index contributed by atoms with van der Waals surface area (Å²) in [6, 6.07) is 12.0. The quantitative estimate of drug-likeness (QED) is 0.601. The molecule has 30 heavy (non-hydrogen) atoms. The molecule has 7 nitrogen and oxygen atoms in total. The number of fused-ring (bicyclic) bond motifs is 1. The molecule has 0 bridgehead atoms. The van der Waals surface area contributed by atoms with Crippen molar-refractivity contribution in [2.75, 3.05) is 25.0 Å². The lowest BCUT2D eigenvalue weighted by atomic mass is 10.0. The van der Waals surface area contributed by atoms with E-state index in [0.717, 1.165) is 43.8 Å². The van der Waals surface area contributed by atoms with Gasteiger partial charge in [0.2, 0.25) is 0 Å². The molecule has 0 spiro atoms. The van der Waals surface area contributed by atoms with Gasteiger partial charge in [0, 0.05) is 25.7 Å². The third-order valence-electron chi connectivity index (χ3n) is 5.52. The highest BCUT2D eigenvalue weighted by molar-refractivity contribution is 6.00. The van der Waals surface area contributed by atoms with Gasteiger partial charge >= 0.3 is 5.97 Å². The summed E-state index contributed by atoms with van der Waals surface area (Å²) >= 11 is 0. The number of nitrogens with zero attached hydrogens (tertiary/aromatic N) is 2. The van der Waals surface area contributed by atoms with Crippen LogP contribution in [0.4, 0.5) is 6.01 Å². The Kier molecular flexibility index (Phi) is 5.90. The van der Waals surface area contributed by atoms with Gasteiger partial charge in [0.15, 0.2) is 5.58 Å². The average Bonchev–Trinajstić information content (AvgIpc) is 3.14. The van der Waals surface area contributed by atoms with E-state index in [0.29, 0.717) is 23.7 Å². The summed E-state index contributed by atoms with van der Waals surface area (Å²) in [7, 11) is 0. The minimum atomic E-state index is -1.01. The van der Waals surface area contributed by atoms with Crippen molar-refractivity contribution >= 4 is 23.1 Å². The third-order valence-corrected chi connectivity index (χ3v) is 5.52. The Bertz CT molecular complexity index is 1040. The number of likely N-dealkylation sites (tertiary alicyclic amines) is 1. The van der Waals surface area contributed by atoms with Crippen molar-refractivity contribution in [2.45, 2.75) is 39.3 Å². The van der Waals surface area contributed by atoms with Gasteiger partial charge in [-0.05, 0) is 56.0 Å². The molecule has 1 aromatic heterocycles. The molecule has 0 unspecified atom stereocenters. The number of rotatable bonds is 7. The lowest BCUT2D eigenvalue weighted by molar-refractivity contribution is 0.0698. The average molecular weight is 409 g/mol. The van der Waals surface area contributed by atoms with Gasteiger partial charge in [-0.25, -0.2) is 4.79 Å². The smallest absolute Gasteiger partial charge is 0.339 e. The number of anilines is 1. The van der Waals surface area contributed by atoms with E-state index in [4.69, 9.17) is 9.15 Å². The fraction of sp³-hybridized carbons (Fsp3) is 0.391. The fourth-order valence-corrected chi connectivity index (χ4v) is 3.90. The Labute approximate surface area is 175 Å². The van der Waals surface area contributed by atoms with Crippen LogP contribution < -0.4 is 10.1 Å². The molecule has 2 heterocycles. The first-order valence-corrected chi connectivity index (χ1v) is 10.4. The molecule has 1 aliphatic rings. The number of hydrogen-bond acceptors (Lipinski definition) is 6. The van der Waals surface area contributed by atoms with Gasteiger partial charge in [0.25, 0.3) is 6.01 Å². The molecule has 1 fully saturated rings. The van der Waals surface area contributed by atoms with Crippen molar-refractivity contribution in [3.05, 3.63) is 53.1 Å². The Morgan fingerprint density at radius 3 is 2.83 bits per heavy atom. The number of hydrogen-bond donors (Lipinski definition) is 2. The van der Waals surface area contributed by atoms with Gasteiger partial charge in [-0.3, -0.25) is 4.90 Å². The summed E-state index contributed by atoms with van der Waals surface area (Å²) in [5.41, 5.74) is 3.42. The number of carboxylic acid groups (broad SMARTS) is 1. The maximum atomic E-state index is 11.4. The zero-order valence-electron chi connectivity index (χ0n) is 17.4. The fourth-order valence-electron chi connectivity index (χ4n) is 3.90. The van der Waals surface area contributed by atoms with E-state index in [1.54, 1.807) is 12.1 Å². The number of carbonyl (C=O) groups is 1. The topological polar surface area (TPSA) is 87.8 Å². The second kappa shape index (κ2) is 8.75. The van der Waals surface area contributed by atoms with E-state index in [2.05, 4.69) is 40.3 Å². The minimum absolute atomic E-state index is 0.132. The van der Waals surface area contributed by atoms with E-state index in [1.807, 2.05) is 6.92 Å². The molecular weight excluding hydrogens is 382 g/mol. The normalized spacial score (nSPS) is 15.4. The van der Waals surface area contributed by atoms with Gasteiger partial charge < -0.3 is 19.6 Å². The van der Waals surface area contributed by atoms with Gasteiger partial charge in [0.05, 0.1) is 6.61 Å². The number of aryl methyl sites for hydroxylation is 1. The summed E-state index contributed by atoms with van der Waals surface area (Å²) in [5.74, 6) is -0.0524. The van der Waals surface area contributed by atoms with Crippen LogP contribution in [0.2, 0.25) is 0 Å². The van der Waals surface area contributed by atoms with Crippen molar-refractivity contribution in [1.29, 1.82) is 0 Å². The van der Waals surface area contributed by atoms with Crippen molar-refractivity contribution in [3.8, 4) is 5.75 Å². The van der Waals surface area contributed by atoms with E-state index in [-0.39, 0.29) is 11.6 Å². The SMILES string of the molecule is CCOc1cc(CN2CCC(Nc3nc4cccc(C(=O)O)c4o3)CC2)ccc1C. The second-order valence-electron chi connectivity index (χ2n) is 7.71. The largest absolute Gasteiger partial charge is 0.494 e. The number of aromatic carboxylic acids is 1. The predicted octanol–water partition coefficient (Wildman–Crippen LogP) is 4.31. The Balaban J connectivity index is 1.35. The molecule has 2 aromatic carbocycles. The number of nitrogens with one attached hydrogen (secondary N) is 1. The first-order chi connectivity index (χ1) is 14.5. The highest BCUT2D eigenvalue weighted by Gasteiger charge is 2.22. The van der Waals surface area contributed by atoms with Crippen LogP contribution in [0.15, 0.2) is 40.8 Å². The first kappa shape index (κ1) is 20.2. The van der Waals surface area contributed by atoms with Crippen molar-refractivity contribution in [2.24, 2.45) is 0 Å². The molecule has 1 aliphatic heterocycles. The number of para-hydroxylation sites is 1. The molecule has 158 valence electrons. The predicted molar refractivity (Wildman–Crippen MR) is 115 cm³/mol. The van der Waals surface area contributed by atoms with E-state index in [1.165, 1.54) is 11.6 Å². The summed E-state index contributed by atoms with van der Waals surface area (Å²) in [5, 5.41) is 12.6. The lowest BCUT2D eigenvalue weighted by Gasteiger charge is -2.32. The van der Waals surface area contributed by atoms with Crippen LogP contribution in [0.25, 0.3) is 11.1 Å². The molecule has 0 aliphatic carbocycles. The van der Waals surface area contributed by atoms with Crippen molar-refractivity contribution in [1.82, 2.24) is 9.88 Å². The number of piperidine rings is 1. The number of carboxylic acids is 1. The van der Waals surface area contributed by atoms with Gasteiger partial charge in [-0.2, -0.15) is 4.98 Å². The number of benzene rings is 2. The monoisotopic (exact) mass is 409 g/mol. The highest BCUT2D eigenvalue weighted by Crippen LogP contribution is 2.26. The number of oxazole rings is 1. The number of ether oxygens (including phenoxy) is 1. The molecule has 4 rings (SSSR count). The Morgan fingerprint density at radius 1 is 1.30 bits per heavy atom. The molecule has 2 N–H and O–H groups in total. The summed E-state index contributed by atoms with van der Waals surface area (Å²) in [6.45, 7) is 7.58. The third kappa shape index (κ3) is 4.41. The van der Waals surface area contributed by atoms with Crippen molar-refractivity contribution in [3.63, 3.8) is 0 Å². The zero-order chi connectivity index (χ0) is 21.1. The maximum Gasteiger partial charge on any atom is 0.339 e. The summed E-state index contributed by atoms with van der Waals surface area (Å²) < 4.78 is 11.4. The molecular formula is C23H27N3O4. The van der Waals surface area contributed by atoms with Gasteiger partial charge in [-0.15, -0.1) is 0 Å². The summed E-state index contributed by atoms with van der Waals surface area (Å²) in [4.78, 5) is 18.2. The maximum absolute atomic E-state index is 11.4. The Morgan fingerprint density at radius 2 is 2.10 bits per heavy atom. The van der Waals surface area contributed by atoms with Crippen molar-refractivity contribution < 1.29 is 19.1 Å². The molecule has 3 aromatic rings. The standard InChI is InChI=1S/C23H27N3O4/c1-3-29-20-13-16(8-7-15(20)2)14-26-11-9-17(10-12-26)24-23-25-19-6-4-5-18(22(27)28)21(19)30-23/h4-8,13,17H,3,9-12,14H2,1-2H3,(H,24,25)(H,27,28). The molecule has 0 saturated carbocycles. The van der Waals surface area contributed by atoms with Crippen LogP contribution in [0, 0.1) is 6.92 Å². The summed E-state index contributed by atoms with van der Waals surface area (Å²) in [6.07, 6.45) is 1.93. The van der Waals surface area contributed by atoms with E-state index >= 15 is 0 Å². The van der Waals surface area contributed by atoms with E-state index < -0.39 is 5.97 Å². The molecule has 0 amide bonds. The molecule has 0 atom stereocenters. The van der Waals surface area contributed by atoms with Crippen LogP contribution in [0.5, 0.6) is 5.75 Å². The minimum Gasteiger partial charge on any atom is -0.494 e. The second-order valence-corrected chi connectivity index (χ2v) is 7.71. The van der Waals surface area contributed by atoms with Crippen LogP contribution in [-0.2, 0) is 6.54 Å². The van der Waals surface area contributed by atoms with Gasteiger partial charge in [0.1, 0.15) is 16.8 Å².